The number of hydrogen-bond donors (Lipinski definition) is 3. The van der Waals surface area contributed by atoms with Crippen molar-refractivity contribution in [1.29, 1.82) is 0 Å². The zero-order valence-corrected chi connectivity index (χ0v) is 11.0. The van der Waals surface area contributed by atoms with Crippen LogP contribution in [-0.4, -0.2) is 36.9 Å². The quantitative estimate of drug-likeness (QED) is 0.433. The number of aliphatic hydroxyl groups is 1. The van der Waals surface area contributed by atoms with Crippen LogP contribution >= 0.6 is 0 Å². The Labute approximate surface area is 112 Å². The highest BCUT2D eigenvalue weighted by molar-refractivity contribution is 5.74. The van der Waals surface area contributed by atoms with E-state index in [2.05, 4.69) is 12.4 Å². The Morgan fingerprint density at radius 3 is 3.00 bits per heavy atom. The fourth-order valence-corrected chi connectivity index (χ4v) is 1.38. The van der Waals surface area contributed by atoms with Gasteiger partial charge in [-0.25, -0.2) is 0 Å². The number of rotatable bonds is 9. The summed E-state index contributed by atoms with van der Waals surface area (Å²) in [6.07, 6.45) is 0.195. The van der Waals surface area contributed by atoms with Gasteiger partial charge in [-0.1, -0.05) is 19.1 Å². The summed E-state index contributed by atoms with van der Waals surface area (Å²) in [5.74, 6) is 0.145. The molecule has 0 saturated heterocycles. The fraction of sp³-hybridized carbons (Fsp3) is 0.462. The lowest BCUT2D eigenvalue weighted by atomic mass is 10.2. The number of nitrogens with one attached hydrogen (secondary N) is 1. The second kappa shape index (κ2) is 8.47. The van der Waals surface area contributed by atoms with E-state index in [0.717, 1.165) is 12.2 Å². The zero-order chi connectivity index (χ0) is 14.1. The molecular formula is C13H20N2O4. The van der Waals surface area contributed by atoms with Crippen LogP contribution in [0.1, 0.15) is 12.5 Å². The minimum atomic E-state index is -0.738. The molecule has 0 spiro atoms. The third-order valence-corrected chi connectivity index (χ3v) is 2.38. The molecule has 1 aromatic carbocycles. The first kappa shape index (κ1) is 15.4. The first-order valence-corrected chi connectivity index (χ1v) is 6.14. The molecule has 6 nitrogen and oxygen atoms in total. The summed E-state index contributed by atoms with van der Waals surface area (Å²) in [6.45, 7) is 2.13. The normalized spacial score (nSPS) is 12.1. The maximum absolute atomic E-state index is 10.4. The third kappa shape index (κ3) is 6.76. The molecule has 0 aliphatic heterocycles. The van der Waals surface area contributed by atoms with Crippen molar-refractivity contribution >= 4 is 5.91 Å². The maximum Gasteiger partial charge on any atom is 0.245 e. The molecule has 0 radical (unpaired) electrons. The molecule has 0 bridgehead atoms. The van der Waals surface area contributed by atoms with Crippen LogP contribution in [0.3, 0.4) is 0 Å². The number of carbonyl (C=O) groups excluding carboxylic acids is 1. The van der Waals surface area contributed by atoms with Crippen LogP contribution in [-0.2, 0) is 16.1 Å². The van der Waals surface area contributed by atoms with E-state index < -0.39 is 12.0 Å². The van der Waals surface area contributed by atoms with E-state index in [-0.39, 0.29) is 19.8 Å². The Balaban J connectivity index is 2.21. The molecule has 0 aliphatic rings. The highest BCUT2D eigenvalue weighted by atomic mass is 16.6. The molecule has 0 heterocycles. The van der Waals surface area contributed by atoms with Crippen LogP contribution in [0.2, 0.25) is 0 Å². The van der Waals surface area contributed by atoms with Gasteiger partial charge < -0.3 is 15.6 Å². The number of nitrogens with two attached hydrogens (primary N) is 1. The Kier molecular flexibility index (Phi) is 6.88. The molecule has 4 N–H and O–H groups in total. The van der Waals surface area contributed by atoms with Gasteiger partial charge in [-0.15, -0.1) is 0 Å². The largest absolute Gasteiger partial charge is 0.491 e. The van der Waals surface area contributed by atoms with Gasteiger partial charge >= 0.3 is 0 Å². The van der Waals surface area contributed by atoms with Gasteiger partial charge in [0.1, 0.15) is 25.1 Å². The van der Waals surface area contributed by atoms with E-state index in [0.29, 0.717) is 0 Å². The van der Waals surface area contributed by atoms with Crippen LogP contribution in [0.25, 0.3) is 0 Å². The summed E-state index contributed by atoms with van der Waals surface area (Å²) in [6, 6.07) is 7.70. The molecule has 1 amide bonds. The molecule has 106 valence electrons. The molecule has 0 aromatic heterocycles. The van der Waals surface area contributed by atoms with Gasteiger partial charge in [-0.3, -0.25) is 9.63 Å². The molecule has 19 heavy (non-hydrogen) atoms. The van der Waals surface area contributed by atoms with Crippen molar-refractivity contribution in [3.05, 3.63) is 29.8 Å². The van der Waals surface area contributed by atoms with E-state index in [1.807, 2.05) is 24.3 Å². The van der Waals surface area contributed by atoms with Gasteiger partial charge in [0.2, 0.25) is 5.91 Å². The molecule has 0 saturated carbocycles. The number of primary amides is 1. The molecule has 0 fully saturated rings. The summed E-state index contributed by atoms with van der Waals surface area (Å²) < 4.78 is 5.45. The van der Waals surface area contributed by atoms with Crippen molar-refractivity contribution in [2.75, 3.05) is 19.8 Å². The summed E-state index contributed by atoms with van der Waals surface area (Å²) in [5.41, 5.74) is 8.50. The SMILES string of the molecule is CCc1cccc(OCC(O)CNOCC(N)=O)c1. The van der Waals surface area contributed by atoms with Gasteiger partial charge in [0.05, 0.1) is 6.54 Å². The number of carbonyl (C=O) groups is 1. The third-order valence-electron chi connectivity index (χ3n) is 2.38. The highest BCUT2D eigenvalue weighted by Crippen LogP contribution is 2.13. The Morgan fingerprint density at radius 1 is 1.53 bits per heavy atom. The van der Waals surface area contributed by atoms with Crippen LogP contribution in [0.15, 0.2) is 24.3 Å². The summed E-state index contributed by atoms with van der Waals surface area (Å²) in [4.78, 5) is 15.1. The van der Waals surface area contributed by atoms with E-state index in [1.165, 1.54) is 5.56 Å². The second-order valence-corrected chi connectivity index (χ2v) is 4.07. The van der Waals surface area contributed by atoms with Crippen LogP contribution in [0.4, 0.5) is 0 Å². The van der Waals surface area contributed by atoms with Crippen molar-refractivity contribution in [2.45, 2.75) is 19.4 Å². The first-order chi connectivity index (χ1) is 9.11. The molecule has 1 unspecified atom stereocenters. The van der Waals surface area contributed by atoms with Crippen molar-refractivity contribution in [3.63, 3.8) is 0 Å². The smallest absolute Gasteiger partial charge is 0.245 e. The number of aliphatic hydroxyl groups excluding tert-OH is 1. The molecule has 1 aromatic rings. The average Bonchev–Trinajstić information content (AvgIpc) is 2.41. The Bertz CT molecular complexity index is 398. The predicted molar refractivity (Wildman–Crippen MR) is 70.5 cm³/mol. The lowest BCUT2D eigenvalue weighted by Gasteiger charge is -2.13. The molecule has 6 heteroatoms. The zero-order valence-electron chi connectivity index (χ0n) is 11.0. The lowest BCUT2D eigenvalue weighted by Crippen LogP contribution is -2.33. The minimum Gasteiger partial charge on any atom is -0.491 e. The van der Waals surface area contributed by atoms with E-state index in [1.54, 1.807) is 0 Å². The molecular weight excluding hydrogens is 248 g/mol. The number of amides is 1. The summed E-state index contributed by atoms with van der Waals surface area (Å²) >= 11 is 0. The van der Waals surface area contributed by atoms with Gasteiger partial charge in [0.25, 0.3) is 0 Å². The topological polar surface area (TPSA) is 93.8 Å². The van der Waals surface area contributed by atoms with Crippen LogP contribution in [0, 0.1) is 0 Å². The van der Waals surface area contributed by atoms with E-state index in [4.69, 9.17) is 15.3 Å². The van der Waals surface area contributed by atoms with Crippen molar-refractivity contribution < 1.29 is 19.5 Å². The lowest BCUT2D eigenvalue weighted by molar-refractivity contribution is -0.125. The molecule has 1 atom stereocenters. The minimum absolute atomic E-state index is 0.139. The standard InChI is InChI=1S/C13H20N2O4/c1-2-10-4-3-5-12(6-10)18-8-11(16)7-15-19-9-13(14)17/h3-6,11,15-16H,2,7-9H2,1H3,(H2,14,17). The second-order valence-electron chi connectivity index (χ2n) is 4.07. The monoisotopic (exact) mass is 268 g/mol. The van der Waals surface area contributed by atoms with Gasteiger partial charge in [0.15, 0.2) is 0 Å². The van der Waals surface area contributed by atoms with Crippen molar-refractivity contribution in [1.82, 2.24) is 5.48 Å². The predicted octanol–water partition coefficient (Wildman–Crippen LogP) is -0.00480. The number of aryl methyl sites for hydroxylation is 1. The van der Waals surface area contributed by atoms with Gasteiger partial charge in [-0.2, -0.15) is 5.48 Å². The van der Waals surface area contributed by atoms with Crippen molar-refractivity contribution in [3.8, 4) is 5.75 Å². The van der Waals surface area contributed by atoms with Crippen LogP contribution in [0.5, 0.6) is 5.75 Å². The summed E-state index contributed by atoms with van der Waals surface area (Å²) in [5, 5.41) is 9.62. The van der Waals surface area contributed by atoms with Crippen molar-refractivity contribution in [2.24, 2.45) is 5.73 Å². The number of hydrogen-bond acceptors (Lipinski definition) is 5. The van der Waals surface area contributed by atoms with E-state index >= 15 is 0 Å². The van der Waals surface area contributed by atoms with Crippen LogP contribution < -0.4 is 16.0 Å². The Hall–Kier alpha value is -1.63. The Morgan fingerprint density at radius 2 is 2.32 bits per heavy atom. The summed E-state index contributed by atoms with van der Waals surface area (Å²) in [7, 11) is 0. The average molecular weight is 268 g/mol. The number of hydroxylamine groups is 1. The van der Waals surface area contributed by atoms with E-state index in [9.17, 15) is 9.90 Å². The fourth-order valence-electron chi connectivity index (χ4n) is 1.38. The first-order valence-electron chi connectivity index (χ1n) is 6.14. The highest BCUT2D eigenvalue weighted by Gasteiger charge is 2.05. The van der Waals surface area contributed by atoms with Gasteiger partial charge in [0, 0.05) is 0 Å². The number of ether oxygens (including phenoxy) is 1. The molecule has 0 aliphatic carbocycles. The maximum atomic E-state index is 10.4. The van der Waals surface area contributed by atoms with Gasteiger partial charge in [-0.05, 0) is 24.1 Å². The number of benzene rings is 1. The molecule has 1 rings (SSSR count).